The van der Waals surface area contributed by atoms with Crippen molar-refractivity contribution in [3.8, 4) is 0 Å². The number of amides is 1. The number of azide groups is 1. The van der Waals surface area contributed by atoms with Gasteiger partial charge in [-0.25, -0.2) is 0 Å². The molecule has 0 aromatic heterocycles. The third kappa shape index (κ3) is 2.71. The average molecular weight is 223 g/mol. The molecule has 0 aliphatic carbocycles. The predicted octanol–water partition coefficient (Wildman–Crippen LogP) is 3.69. The Morgan fingerprint density at radius 3 is 2.71 bits per heavy atom. The maximum absolute atomic E-state index is 11.0. The van der Waals surface area contributed by atoms with Crippen LogP contribution in [0.5, 0.6) is 0 Å². The summed E-state index contributed by atoms with van der Waals surface area (Å²) in [6, 6.07) is 13.8. The molecule has 0 fully saturated rings. The summed E-state index contributed by atoms with van der Waals surface area (Å²) in [6.45, 7) is 0. The second-order valence-electron chi connectivity index (χ2n) is 3.47. The van der Waals surface area contributed by atoms with Gasteiger partial charge in [-0.3, -0.25) is 4.79 Å². The van der Waals surface area contributed by atoms with E-state index >= 15 is 0 Å². The van der Waals surface area contributed by atoms with Crippen molar-refractivity contribution in [1.29, 1.82) is 0 Å². The van der Waals surface area contributed by atoms with Crippen LogP contribution in [0.2, 0.25) is 0 Å². The number of hydrogen-bond donors (Lipinski definition) is 0. The quantitative estimate of drug-likeness (QED) is 0.331. The van der Waals surface area contributed by atoms with Crippen molar-refractivity contribution in [2.75, 3.05) is 0 Å². The van der Waals surface area contributed by atoms with Gasteiger partial charge in [0, 0.05) is 4.91 Å². The predicted molar refractivity (Wildman–Crippen MR) is 67.1 cm³/mol. The Morgan fingerprint density at radius 1 is 1.18 bits per heavy atom. The number of carbonyl (C=O) groups excluding carboxylic acids is 1. The molecule has 4 nitrogen and oxygen atoms in total. The molecule has 0 aliphatic heterocycles. The zero-order valence-corrected chi connectivity index (χ0v) is 8.95. The Bertz CT molecular complexity index is 640. The normalized spacial score (nSPS) is 10.4. The first kappa shape index (κ1) is 10.9. The van der Waals surface area contributed by atoms with Gasteiger partial charge in [-0.05, 0) is 39.1 Å². The molecule has 2 aromatic rings. The third-order valence-electron chi connectivity index (χ3n) is 2.34. The first-order valence-corrected chi connectivity index (χ1v) is 5.05. The summed E-state index contributed by atoms with van der Waals surface area (Å²) in [7, 11) is 0. The van der Waals surface area contributed by atoms with E-state index in [1.807, 2.05) is 42.5 Å². The highest BCUT2D eigenvalue weighted by Crippen LogP contribution is 2.16. The van der Waals surface area contributed by atoms with Crippen LogP contribution < -0.4 is 0 Å². The average Bonchev–Trinajstić information content (AvgIpc) is 2.36. The van der Waals surface area contributed by atoms with Gasteiger partial charge in [-0.15, -0.1) is 0 Å². The van der Waals surface area contributed by atoms with Gasteiger partial charge in [0.15, 0.2) is 0 Å². The topological polar surface area (TPSA) is 65.8 Å². The molecule has 2 rings (SSSR count). The van der Waals surface area contributed by atoms with Crippen molar-refractivity contribution in [3.05, 3.63) is 64.5 Å². The molecule has 0 N–H and O–H groups in total. The second kappa shape index (κ2) is 4.96. The van der Waals surface area contributed by atoms with Crippen LogP contribution in [0.3, 0.4) is 0 Å². The van der Waals surface area contributed by atoms with Gasteiger partial charge in [0.1, 0.15) is 0 Å². The Balaban J connectivity index is 2.31. The zero-order valence-electron chi connectivity index (χ0n) is 8.95. The van der Waals surface area contributed by atoms with Crippen LogP contribution in [0.1, 0.15) is 5.56 Å². The van der Waals surface area contributed by atoms with Gasteiger partial charge in [-0.2, -0.15) is 0 Å². The Morgan fingerprint density at radius 2 is 1.94 bits per heavy atom. The highest BCUT2D eigenvalue weighted by atomic mass is 16.1. The fourth-order valence-corrected chi connectivity index (χ4v) is 1.56. The van der Waals surface area contributed by atoms with Crippen molar-refractivity contribution in [1.82, 2.24) is 0 Å². The fourth-order valence-electron chi connectivity index (χ4n) is 1.56. The van der Waals surface area contributed by atoms with Gasteiger partial charge < -0.3 is 0 Å². The standard InChI is InChI=1S/C13H9N3O/c14-16-15-13(17)8-6-10-5-7-11-3-1-2-4-12(11)9-10/h1-9H/b8-6+. The molecule has 82 valence electrons. The Kier molecular flexibility index (Phi) is 3.19. The first-order chi connectivity index (χ1) is 8.29. The van der Waals surface area contributed by atoms with E-state index in [0.29, 0.717) is 0 Å². The lowest BCUT2D eigenvalue weighted by Gasteiger charge is -1.98. The number of nitrogens with zero attached hydrogens (tertiary/aromatic N) is 3. The molecular weight excluding hydrogens is 214 g/mol. The maximum atomic E-state index is 11.0. The Labute approximate surface area is 97.8 Å². The van der Waals surface area contributed by atoms with Crippen LogP contribution in [0.4, 0.5) is 0 Å². The minimum Gasteiger partial charge on any atom is -0.288 e. The molecule has 0 saturated carbocycles. The van der Waals surface area contributed by atoms with E-state index in [1.54, 1.807) is 6.08 Å². The van der Waals surface area contributed by atoms with E-state index in [2.05, 4.69) is 10.0 Å². The molecule has 1 amide bonds. The van der Waals surface area contributed by atoms with Crippen molar-refractivity contribution in [2.24, 2.45) is 5.11 Å². The van der Waals surface area contributed by atoms with Crippen LogP contribution in [0, 0.1) is 0 Å². The van der Waals surface area contributed by atoms with E-state index in [0.717, 1.165) is 16.3 Å². The first-order valence-electron chi connectivity index (χ1n) is 5.05. The van der Waals surface area contributed by atoms with Crippen LogP contribution in [-0.2, 0) is 4.79 Å². The molecule has 0 spiro atoms. The smallest absolute Gasteiger partial charge is 0.242 e. The van der Waals surface area contributed by atoms with Crippen LogP contribution in [0.15, 0.2) is 53.7 Å². The van der Waals surface area contributed by atoms with Crippen LogP contribution in [0.25, 0.3) is 27.3 Å². The lowest BCUT2D eigenvalue weighted by molar-refractivity contribution is -0.113. The number of fused-ring (bicyclic) bond motifs is 1. The third-order valence-corrected chi connectivity index (χ3v) is 2.34. The summed E-state index contributed by atoms with van der Waals surface area (Å²) in [6.07, 6.45) is 2.88. The van der Waals surface area contributed by atoms with E-state index in [-0.39, 0.29) is 0 Å². The molecule has 4 heteroatoms. The molecule has 0 saturated heterocycles. The van der Waals surface area contributed by atoms with Gasteiger partial charge in [0.2, 0.25) is 5.91 Å². The molecule has 0 atom stereocenters. The lowest BCUT2D eigenvalue weighted by Crippen LogP contribution is -1.82. The van der Waals surface area contributed by atoms with E-state index in [4.69, 9.17) is 5.53 Å². The maximum Gasteiger partial charge on any atom is 0.242 e. The summed E-state index contributed by atoms with van der Waals surface area (Å²) >= 11 is 0. The highest BCUT2D eigenvalue weighted by Gasteiger charge is 1.94. The number of hydrogen-bond acceptors (Lipinski definition) is 1. The van der Waals surface area contributed by atoms with Crippen molar-refractivity contribution < 1.29 is 4.79 Å². The molecule has 0 unspecified atom stereocenters. The molecule has 0 bridgehead atoms. The van der Waals surface area contributed by atoms with Crippen molar-refractivity contribution >= 4 is 22.8 Å². The minimum absolute atomic E-state index is 0.597. The van der Waals surface area contributed by atoms with Crippen LogP contribution in [-0.4, -0.2) is 5.91 Å². The van der Waals surface area contributed by atoms with E-state index in [9.17, 15) is 4.79 Å². The van der Waals surface area contributed by atoms with E-state index in [1.165, 1.54) is 6.08 Å². The summed E-state index contributed by atoms with van der Waals surface area (Å²) in [5.41, 5.74) is 8.97. The largest absolute Gasteiger partial charge is 0.288 e. The van der Waals surface area contributed by atoms with E-state index < -0.39 is 5.91 Å². The minimum atomic E-state index is -0.597. The number of rotatable bonds is 2. The molecule has 0 aliphatic rings. The van der Waals surface area contributed by atoms with Crippen molar-refractivity contribution in [3.63, 3.8) is 0 Å². The second-order valence-corrected chi connectivity index (χ2v) is 3.47. The molecule has 0 radical (unpaired) electrons. The Hall–Kier alpha value is -2.58. The summed E-state index contributed by atoms with van der Waals surface area (Å²) in [5, 5.41) is 5.20. The fraction of sp³-hybridized carbons (Fsp3) is 0. The van der Waals surface area contributed by atoms with Gasteiger partial charge in [0.05, 0.1) is 0 Å². The summed E-state index contributed by atoms with van der Waals surface area (Å²) < 4.78 is 0. The van der Waals surface area contributed by atoms with Gasteiger partial charge in [-0.1, -0.05) is 42.5 Å². The number of benzene rings is 2. The molecule has 0 heterocycles. The summed E-state index contributed by atoms with van der Waals surface area (Å²) in [4.78, 5) is 13.4. The molecule has 17 heavy (non-hydrogen) atoms. The SMILES string of the molecule is [N-]=[N+]=NC(=O)/C=C/c1ccc2ccccc2c1. The van der Waals surface area contributed by atoms with Gasteiger partial charge in [0.25, 0.3) is 0 Å². The number of carbonyl (C=O) groups is 1. The van der Waals surface area contributed by atoms with Crippen molar-refractivity contribution in [2.45, 2.75) is 0 Å². The zero-order chi connectivity index (χ0) is 12.1. The monoisotopic (exact) mass is 223 g/mol. The lowest BCUT2D eigenvalue weighted by atomic mass is 10.1. The van der Waals surface area contributed by atoms with Gasteiger partial charge >= 0.3 is 0 Å². The molecular formula is C13H9N3O. The highest BCUT2D eigenvalue weighted by molar-refractivity contribution is 5.93. The summed E-state index contributed by atoms with van der Waals surface area (Å²) in [5.74, 6) is -0.597. The van der Waals surface area contributed by atoms with Crippen LogP contribution >= 0.6 is 0 Å². The molecule has 2 aromatic carbocycles.